The summed E-state index contributed by atoms with van der Waals surface area (Å²) in [4.78, 5) is 72.8. The van der Waals surface area contributed by atoms with Crippen LogP contribution in [0.1, 0.15) is 375 Å². The van der Waals surface area contributed by atoms with Crippen molar-refractivity contribution in [3.05, 3.63) is 24.3 Å². The molecule has 0 aromatic carbocycles. The van der Waals surface area contributed by atoms with Crippen molar-refractivity contribution in [2.45, 2.75) is 393 Å². The average molecular weight is 1390 g/mol. The first-order valence-corrected chi connectivity index (χ1v) is 42.0. The molecule has 0 radical (unpaired) electrons. The van der Waals surface area contributed by atoms with Gasteiger partial charge in [-0.05, 0) is 57.3 Å². The Morgan fingerprint density at radius 2 is 0.589 bits per heavy atom. The van der Waals surface area contributed by atoms with Gasteiger partial charge in [0.25, 0.3) is 0 Å². The lowest BCUT2D eigenvalue weighted by atomic mass is 9.99. The number of aliphatic hydroxyl groups excluding tert-OH is 1. The number of hydrogen-bond donors (Lipinski definition) is 3. The summed E-state index contributed by atoms with van der Waals surface area (Å²) in [7, 11) is -9.92. The third kappa shape index (κ3) is 68.5. The number of phosphoric ester groups is 2. The first-order valence-electron chi connectivity index (χ1n) is 39.0. The minimum atomic E-state index is -4.96. The second-order valence-corrected chi connectivity index (χ2v) is 29.9. The lowest BCUT2D eigenvalue weighted by Crippen LogP contribution is -2.30. The van der Waals surface area contributed by atoms with Gasteiger partial charge >= 0.3 is 39.5 Å². The van der Waals surface area contributed by atoms with Crippen LogP contribution in [0.25, 0.3) is 0 Å². The van der Waals surface area contributed by atoms with Gasteiger partial charge in [0.1, 0.15) is 19.3 Å². The third-order valence-corrected chi connectivity index (χ3v) is 19.4. The fourth-order valence-corrected chi connectivity index (χ4v) is 12.7. The standard InChI is InChI=1S/C76H144O17P2/c1-6-10-13-16-19-22-25-28-29-32-35-42-47-52-57-62-76(81)93-72(66-87-74(79)60-55-50-45-40-37-36-38-43-48-53-58-69(5)9-4)68-91-95(84,85)89-64-70(77)63-88-94(82,83)90-67-71(92-75(80)61-56-51-46-41-34-31-27-24-21-18-15-12-8-3)65-86-73(78)59-54-49-44-39-33-30-26-23-20-17-14-11-7-2/h22,25,28-29,69-72,77H,6-21,23-24,26-27,30-68H2,1-5H3,(H,82,83)(H,84,85)/b25-22-,29-28-/t69?,70-,71+,72+/m0/s1. The highest BCUT2D eigenvalue weighted by molar-refractivity contribution is 7.47. The van der Waals surface area contributed by atoms with Crippen LogP contribution < -0.4 is 0 Å². The molecule has 0 aliphatic heterocycles. The molecule has 0 aliphatic carbocycles. The van der Waals surface area contributed by atoms with E-state index < -0.39 is 97.5 Å². The summed E-state index contributed by atoms with van der Waals surface area (Å²) < 4.78 is 68.5. The molecule has 19 heteroatoms. The van der Waals surface area contributed by atoms with E-state index in [-0.39, 0.29) is 25.7 Å². The maximum Gasteiger partial charge on any atom is 0.472 e. The zero-order valence-corrected chi connectivity index (χ0v) is 63.1. The number of unbranched alkanes of at least 4 members (excludes halogenated alkanes) is 42. The topological polar surface area (TPSA) is 237 Å². The number of rotatable bonds is 74. The zero-order valence-electron chi connectivity index (χ0n) is 61.3. The van der Waals surface area contributed by atoms with Crippen molar-refractivity contribution >= 4 is 39.5 Å². The van der Waals surface area contributed by atoms with E-state index in [0.717, 1.165) is 109 Å². The molecule has 560 valence electrons. The van der Waals surface area contributed by atoms with Crippen molar-refractivity contribution in [2.24, 2.45) is 5.92 Å². The Balaban J connectivity index is 5.31. The summed E-state index contributed by atoms with van der Waals surface area (Å²) in [5, 5.41) is 10.6. The first-order chi connectivity index (χ1) is 46.1. The molecule has 0 rings (SSSR count). The Bertz CT molecular complexity index is 1920. The molecular weight excluding hydrogens is 1250 g/mol. The highest BCUT2D eigenvalue weighted by Gasteiger charge is 2.30. The summed E-state index contributed by atoms with van der Waals surface area (Å²) >= 11 is 0. The number of carbonyl (C=O) groups is 4. The number of aliphatic hydroxyl groups is 1. The van der Waals surface area contributed by atoms with Gasteiger partial charge in [0, 0.05) is 25.7 Å². The largest absolute Gasteiger partial charge is 0.472 e. The van der Waals surface area contributed by atoms with Crippen LogP contribution in [-0.4, -0.2) is 96.7 Å². The van der Waals surface area contributed by atoms with Crippen LogP contribution in [0.2, 0.25) is 0 Å². The molecule has 0 heterocycles. The van der Waals surface area contributed by atoms with Gasteiger partial charge in [-0.2, -0.15) is 0 Å². The molecule has 3 unspecified atom stereocenters. The molecular formula is C76H144O17P2. The number of phosphoric acid groups is 2. The molecule has 0 saturated heterocycles. The Morgan fingerprint density at radius 3 is 0.895 bits per heavy atom. The quantitative estimate of drug-likeness (QED) is 0.0169. The maximum absolute atomic E-state index is 13.1. The van der Waals surface area contributed by atoms with Crippen LogP contribution in [0.15, 0.2) is 24.3 Å². The smallest absolute Gasteiger partial charge is 0.462 e. The van der Waals surface area contributed by atoms with Gasteiger partial charge in [-0.15, -0.1) is 0 Å². The minimum absolute atomic E-state index is 0.0852. The van der Waals surface area contributed by atoms with Gasteiger partial charge in [-0.25, -0.2) is 9.13 Å². The molecule has 0 spiro atoms. The van der Waals surface area contributed by atoms with E-state index in [2.05, 4.69) is 58.9 Å². The van der Waals surface area contributed by atoms with Gasteiger partial charge in [-0.3, -0.25) is 37.3 Å². The Morgan fingerprint density at radius 1 is 0.337 bits per heavy atom. The second-order valence-electron chi connectivity index (χ2n) is 26.9. The van der Waals surface area contributed by atoms with Crippen LogP contribution in [0, 0.1) is 5.92 Å². The molecule has 95 heavy (non-hydrogen) atoms. The van der Waals surface area contributed by atoms with Gasteiger partial charge < -0.3 is 33.8 Å². The van der Waals surface area contributed by atoms with Crippen molar-refractivity contribution in [2.75, 3.05) is 39.6 Å². The lowest BCUT2D eigenvalue weighted by Gasteiger charge is -2.21. The molecule has 3 N–H and O–H groups in total. The van der Waals surface area contributed by atoms with E-state index in [1.54, 1.807) is 0 Å². The monoisotopic (exact) mass is 1390 g/mol. The van der Waals surface area contributed by atoms with Crippen LogP contribution in [0.4, 0.5) is 0 Å². The molecule has 17 nitrogen and oxygen atoms in total. The molecule has 6 atom stereocenters. The van der Waals surface area contributed by atoms with Crippen molar-refractivity contribution in [1.82, 2.24) is 0 Å². The summed E-state index contributed by atoms with van der Waals surface area (Å²) in [6.45, 7) is 7.26. The summed E-state index contributed by atoms with van der Waals surface area (Å²) in [5.41, 5.74) is 0. The van der Waals surface area contributed by atoms with E-state index in [4.69, 9.17) is 37.0 Å². The molecule has 0 bridgehead atoms. The number of esters is 4. The van der Waals surface area contributed by atoms with Crippen molar-refractivity contribution in [1.29, 1.82) is 0 Å². The minimum Gasteiger partial charge on any atom is -0.462 e. The zero-order chi connectivity index (χ0) is 69.8. The van der Waals surface area contributed by atoms with Crippen LogP contribution in [0.5, 0.6) is 0 Å². The SMILES string of the molecule is CCCCCC/C=C\C=C/CCCCCCCC(=O)O[C@H](COC(=O)CCCCCCCCCCCCC(C)CC)COP(=O)(O)OC[C@@H](O)COP(=O)(O)OC[C@@H](COC(=O)CCCCCCCCCCCCCCC)OC(=O)CCCCCCCCCCCCCCC. The highest BCUT2D eigenvalue weighted by atomic mass is 31.2. The van der Waals surface area contributed by atoms with Gasteiger partial charge in [0.05, 0.1) is 26.4 Å². The number of allylic oxidation sites excluding steroid dienone is 4. The van der Waals surface area contributed by atoms with Crippen molar-refractivity contribution in [3.63, 3.8) is 0 Å². The van der Waals surface area contributed by atoms with Crippen LogP contribution in [0.3, 0.4) is 0 Å². The molecule has 0 fully saturated rings. The predicted octanol–water partition coefficient (Wildman–Crippen LogP) is 22.0. The highest BCUT2D eigenvalue weighted by Crippen LogP contribution is 2.45. The van der Waals surface area contributed by atoms with E-state index in [1.165, 1.54) is 186 Å². The first kappa shape index (κ1) is 92.5. The van der Waals surface area contributed by atoms with E-state index in [1.807, 2.05) is 0 Å². The average Bonchev–Trinajstić information content (AvgIpc) is 1.90. The summed E-state index contributed by atoms with van der Waals surface area (Å²) in [6, 6.07) is 0. The van der Waals surface area contributed by atoms with E-state index in [0.29, 0.717) is 25.7 Å². The van der Waals surface area contributed by atoms with E-state index in [9.17, 15) is 43.2 Å². The Kier molecular flexibility index (Phi) is 66.9. The Labute approximate surface area is 580 Å². The molecule has 0 aromatic heterocycles. The molecule has 0 amide bonds. The van der Waals surface area contributed by atoms with Crippen LogP contribution in [-0.2, 0) is 65.4 Å². The molecule has 0 aromatic rings. The fraction of sp³-hybridized carbons (Fsp3) is 0.895. The summed E-state index contributed by atoms with van der Waals surface area (Å²) in [5.74, 6) is -1.33. The Hall–Kier alpha value is -2.46. The normalized spacial score (nSPS) is 14.4. The van der Waals surface area contributed by atoms with Crippen LogP contribution >= 0.6 is 15.6 Å². The second kappa shape index (κ2) is 68.7. The van der Waals surface area contributed by atoms with Gasteiger partial charge in [0.2, 0.25) is 0 Å². The number of ether oxygens (including phenoxy) is 4. The van der Waals surface area contributed by atoms with Gasteiger partial charge in [-0.1, -0.05) is 322 Å². The molecule has 0 aliphatic rings. The van der Waals surface area contributed by atoms with E-state index >= 15 is 0 Å². The maximum atomic E-state index is 13.1. The summed E-state index contributed by atoms with van der Waals surface area (Å²) in [6.07, 6.45) is 60.2. The number of hydrogen-bond acceptors (Lipinski definition) is 15. The molecule has 0 saturated carbocycles. The predicted molar refractivity (Wildman–Crippen MR) is 386 cm³/mol. The fourth-order valence-electron chi connectivity index (χ4n) is 11.1. The third-order valence-electron chi connectivity index (χ3n) is 17.5. The lowest BCUT2D eigenvalue weighted by molar-refractivity contribution is -0.161. The number of carbonyl (C=O) groups excluding carboxylic acids is 4. The van der Waals surface area contributed by atoms with Gasteiger partial charge in [0.15, 0.2) is 12.2 Å². The van der Waals surface area contributed by atoms with Crippen molar-refractivity contribution < 1.29 is 80.2 Å². The van der Waals surface area contributed by atoms with Crippen molar-refractivity contribution in [3.8, 4) is 0 Å².